The van der Waals surface area contributed by atoms with Crippen molar-refractivity contribution in [2.45, 2.75) is 25.3 Å². The summed E-state index contributed by atoms with van der Waals surface area (Å²) in [6, 6.07) is 0.0789. The van der Waals surface area contributed by atoms with E-state index in [1.54, 1.807) is 0 Å². The number of sulfonamides is 1. The summed E-state index contributed by atoms with van der Waals surface area (Å²) in [5.74, 6) is -0.100. The molecular formula is C7H15N3O3S. The van der Waals surface area contributed by atoms with Crippen molar-refractivity contribution in [2.24, 2.45) is 5.14 Å². The Morgan fingerprint density at radius 1 is 1.43 bits per heavy atom. The molecule has 6 nitrogen and oxygen atoms in total. The summed E-state index contributed by atoms with van der Waals surface area (Å²) in [5, 5.41) is 10.1. The number of hydrogen-bond donors (Lipinski definition) is 3. The maximum Gasteiger partial charge on any atom is 0.315 e. The van der Waals surface area contributed by atoms with Crippen molar-refractivity contribution >= 4 is 16.1 Å². The van der Waals surface area contributed by atoms with Gasteiger partial charge in [0.2, 0.25) is 10.0 Å². The molecule has 0 aliphatic heterocycles. The van der Waals surface area contributed by atoms with Crippen LogP contribution in [0.2, 0.25) is 0 Å². The molecule has 7 heteroatoms. The number of hydrogen-bond acceptors (Lipinski definition) is 3. The van der Waals surface area contributed by atoms with Gasteiger partial charge in [-0.15, -0.1) is 0 Å². The zero-order valence-electron chi connectivity index (χ0n) is 7.82. The zero-order chi connectivity index (χ0) is 10.6. The predicted molar refractivity (Wildman–Crippen MR) is 52.1 cm³/mol. The summed E-state index contributed by atoms with van der Waals surface area (Å²) in [5.41, 5.74) is 0. The van der Waals surface area contributed by atoms with Crippen LogP contribution in [0.3, 0.4) is 0 Å². The highest BCUT2D eigenvalue weighted by atomic mass is 32.2. The minimum Gasteiger partial charge on any atom is -0.338 e. The second kappa shape index (κ2) is 4.61. The third kappa shape index (κ3) is 5.76. The first-order valence-electron chi connectivity index (χ1n) is 4.52. The van der Waals surface area contributed by atoms with Gasteiger partial charge in [0.1, 0.15) is 0 Å². The Hall–Kier alpha value is -0.820. The van der Waals surface area contributed by atoms with E-state index in [2.05, 4.69) is 10.6 Å². The van der Waals surface area contributed by atoms with Gasteiger partial charge < -0.3 is 10.6 Å². The number of urea groups is 1. The summed E-state index contributed by atoms with van der Waals surface area (Å²) in [7, 11) is -3.40. The van der Waals surface area contributed by atoms with E-state index in [9.17, 15) is 13.2 Å². The smallest absolute Gasteiger partial charge is 0.315 e. The molecular weight excluding hydrogens is 206 g/mol. The van der Waals surface area contributed by atoms with E-state index in [0.29, 0.717) is 19.0 Å². The second-order valence-corrected chi connectivity index (χ2v) is 5.13. The molecule has 82 valence electrons. The normalized spacial score (nSPS) is 16.4. The zero-order valence-corrected chi connectivity index (χ0v) is 8.64. The average molecular weight is 221 g/mol. The molecule has 1 aliphatic carbocycles. The lowest BCUT2D eigenvalue weighted by Gasteiger charge is -2.05. The highest BCUT2D eigenvalue weighted by molar-refractivity contribution is 7.89. The minimum absolute atomic E-state index is 0.100. The predicted octanol–water partition coefficient (Wildman–Crippen LogP) is -0.873. The number of carbonyl (C=O) groups is 1. The van der Waals surface area contributed by atoms with Gasteiger partial charge >= 0.3 is 6.03 Å². The van der Waals surface area contributed by atoms with Gasteiger partial charge in [-0.25, -0.2) is 18.4 Å². The van der Waals surface area contributed by atoms with E-state index >= 15 is 0 Å². The number of primary sulfonamides is 1. The topological polar surface area (TPSA) is 101 Å². The number of rotatable bonds is 5. The van der Waals surface area contributed by atoms with E-state index in [-0.39, 0.29) is 11.8 Å². The van der Waals surface area contributed by atoms with Crippen molar-refractivity contribution in [1.82, 2.24) is 10.6 Å². The van der Waals surface area contributed by atoms with Crippen molar-refractivity contribution in [2.75, 3.05) is 12.3 Å². The standard InChI is InChI=1S/C7H15N3O3S/c8-14(12,13)5-1-4-9-7(11)10-6-2-3-6/h6H,1-5H2,(H2,8,12,13)(H2,9,10,11). The minimum atomic E-state index is -3.40. The fourth-order valence-electron chi connectivity index (χ4n) is 0.939. The highest BCUT2D eigenvalue weighted by Crippen LogP contribution is 2.18. The molecule has 0 bridgehead atoms. The maximum absolute atomic E-state index is 11.0. The summed E-state index contributed by atoms with van der Waals surface area (Å²) in [6.45, 7) is 0.328. The van der Waals surface area contributed by atoms with Gasteiger partial charge in [-0.3, -0.25) is 0 Å². The van der Waals surface area contributed by atoms with Gasteiger partial charge in [-0.05, 0) is 19.3 Å². The fraction of sp³-hybridized carbons (Fsp3) is 0.857. The molecule has 1 saturated carbocycles. The molecule has 2 amide bonds. The third-order valence-corrected chi connectivity index (χ3v) is 2.66. The molecule has 0 aromatic carbocycles. The molecule has 0 aromatic heterocycles. The summed E-state index contributed by atoms with van der Waals surface area (Å²) >= 11 is 0. The number of amides is 2. The SMILES string of the molecule is NS(=O)(=O)CCCNC(=O)NC1CC1. The van der Waals surface area contributed by atoms with Crippen LogP contribution in [0.5, 0.6) is 0 Å². The van der Waals surface area contributed by atoms with E-state index < -0.39 is 10.0 Å². The molecule has 0 spiro atoms. The van der Waals surface area contributed by atoms with Crippen LogP contribution in [-0.4, -0.2) is 32.8 Å². The van der Waals surface area contributed by atoms with Crippen LogP contribution in [0, 0.1) is 0 Å². The molecule has 4 N–H and O–H groups in total. The van der Waals surface area contributed by atoms with Crippen molar-refractivity contribution in [3.05, 3.63) is 0 Å². The first kappa shape index (κ1) is 11.3. The molecule has 0 radical (unpaired) electrons. The van der Waals surface area contributed by atoms with Crippen LogP contribution >= 0.6 is 0 Å². The van der Waals surface area contributed by atoms with Gasteiger partial charge in [0.25, 0.3) is 0 Å². The number of nitrogens with two attached hydrogens (primary N) is 1. The fourth-order valence-corrected chi connectivity index (χ4v) is 1.49. The van der Waals surface area contributed by atoms with Gasteiger partial charge in [0.15, 0.2) is 0 Å². The van der Waals surface area contributed by atoms with Crippen molar-refractivity contribution in [1.29, 1.82) is 0 Å². The second-order valence-electron chi connectivity index (χ2n) is 3.40. The Kier molecular flexibility index (Phi) is 3.70. The molecule has 0 saturated heterocycles. The molecule has 1 rings (SSSR count). The Morgan fingerprint density at radius 2 is 2.07 bits per heavy atom. The first-order valence-corrected chi connectivity index (χ1v) is 6.24. The van der Waals surface area contributed by atoms with Crippen LogP contribution in [0.15, 0.2) is 0 Å². The molecule has 0 aromatic rings. The van der Waals surface area contributed by atoms with Crippen molar-refractivity contribution < 1.29 is 13.2 Å². The molecule has 0 heterocycles. The molecule has 1 fully saturated rings. The molecule has 0 unspecified atom stereocenters. The molecule has 1 aliphatic rings. The Morgan fingerprint density at radius 3 is 2.57 bits per heavy atom. The van der Waals surface area contributed by atoms with Gasteiger partial charge in [-0.1, -0.05) is 0 Å². The highest BCUT2D eigenvalue weighted by Gasteiger charge is 2.22. The van der Waals surface area contributed by atoms with Crippen LogP contribution in [-0.2, 0) is 10.0 Å². The van der Waals surface area contributed by atoms with Gasteiger partial charge in [0.05, 0.1) is 5.75 Å². The lowest BCUT2D eigenvalue weighted by atomic mass is 10.5. The van der Waals surface area contributed by atoms with Crippen molar-refractivity contribution in [3.8, 4) is 0 Å². The quantitative estimate of drug-likeness (QED) is 0.526. The third-order valence-electron chi connectivity index (χ3n) is 1.80. The van der Waals surface area contributed by atoms with Gasteiger partial charge in [0, 0.05) is 12.6 Å². The van der Waals surface area contributed by atoms with Crippen LogP contribution < -0.4 is 15.8 Å². The van der Waals surface area contributed by atoms with Crippen LogP contribution in [0.25, 0.3) is 0 Å². The van der Waals surface area contributed by atoms with E-state index in [4.69, 9.17) is 5.14 Å². The molecule has 14 heavy (non-hydrogen) atoms. The maximum atomic E-state index is 11.0. The Labute approximate surface area is 83.3 Å². The summed E-state index contributed by atoms with van der Waals surface area (Å²) < 4.78 is 21.0. The lowest BCUT2D eigenvalue weighted by molar-refractivity contribution is 0.240. The largest absolute Gasteiger partial charge is 0.338 e. The first-order chi connectivity index (χ1) is 6.47. The molecule has 0 atom stereocenters. The number of carbonyl (C=O) groups excluding carboxylic acids is 1. The van der Waals surface area contributed by atoms with E-state index in [0.717, 1.165) is 12.8 Å². The van der Waals surface area contributed by atoms with Gasteiger partial charge in [-0.2, -0.15) is 0 Å². The summed E-state index contributed by atoms with van der Waals surface area (Å²) in [4.78, 5) is 11.0. The van der Waals surface area contributed by atoms with Crippen LogP contribution in [0.1, 0.15) is 19.3 Å². The number of nitrogens with one attached hydrogen (secondary N) is 2. The monoisotopic (exact) mass is 221 g/mol. The lowest BCUT2D eigenvalue weighted by Crippen LogP contribution is -2.37. The van der Waals surface area contributed by atoms with E-state index in [1.807, 2.05) is 0 Å². The van der Waals surface area contributed by atoms with Crippen LogP contribution in [0.4, 0.5) is 4.79 Å². The van der Waals surface area contributed by atoms with Crippen molar-refractivity contribution in [3.63, 3.8) is 0 Å². The summed E-state index contributed by atoms with van der Waals surface area (Å²) in [6.07, 6.45) is 2.41. The Balaban J connectivity index is 2.00. The van der Waals surface area contributed by atoms with E-state index in [1.165, 1.54) is 0 Å². The Bertz CT molecular complexity index is 297. The average Bonchev–Trinajstić information content (AvgIpc) is 2.80.